The Labute approximate surface area is 574 Å². The standard InChI is InChI=1S/2C32H68P.C17H32O7S/c2*1-5-9-13-17-18-19-20-21-22-23-24-28-32-33(29-25-14-10-6-2,30-26-15-11-7-3)31-27-16-12-8-4;1-2-3-4-5-6-7-8-9-10-11-12-13-17(16(20)21,14-15(18)19)25(22,23)24/h2*5-32H2,1-4H3;2-14H2,1H3,(H,18,19)(H,20,21)(H,22,23,24)/q2*+1;/p-2. The second-order valence-electron chi connectivity index (χ2n) is 29.2. The summed E-state index contributed by atoms with van der Waals surface area (Å²) in [6.45, 7) is 21.0. The van der Waals surface area contributed by atoms with Gasteiger partial charge in [-0.15, -0.1) is 0 Å². The fraction of sp³-hybridized carbons (Fsp3) is 0.975. The number of carboxylic acids is 2. The Bertz CT molecular complexity index is 1450. The highest BCUT2D eigenvalue weighted by molar-refractivity contribution is 7.88. The van der Waals surface area contributed by atoms with Crippen LogP contribution in [0.3, 0.4) is 0 Å². The lowest BCUT2D eigenvalue weighted by Crippen LogP contribution is -2.56. The summed E-state index contributed by atoms with van der Waals surface area (Å²) in [5, 5.41) is 21.9. The fourth-order valence-corrected chi connectivity index (χ4v) is 24.8. The summed E-state index contributed by atoms with van der Waals surface area (Å²) in [5.41, 5.74) is 0. The maximum absolute atomic E-state index is 11.4. The summed E-state index contributed by atoms with van der Waals surface area (Å²) in [6, 6.07) is 0. The van der Waals surface area contributed by atoms with E-state index >= 15 is 0 Å². The average Bonchev–Trinajstić information content (AvgIpc) is 1.15. The molecule has 7 nitrogen and oxygen atoms in total. The molecule has 10 heteroatoms. The van der Waals surface area contributed by atoms with Gasteiger partial charge in [-0.3, -0.25) is 4.55 Å². The molecule has 91 heavy (non-hydrogen) atoms. The minimum atomic E-state index is -5.12. The first-order valence-electron chi connectivity index (χ1n) is 41.2. The van der Waals surface area contributed by atoms with E-state index in [2.05, 4.69) is 62.3 Å². The van der Waals surface area contributed by atoms with Crippen LogP contribution < -0.4 is 10.2 Å². The Kier molecular flexibility index (Phi) is 75.6. The first-order valence-corrected chi connectivity index (χ1v) is 47.7. The maximum atomic E-state index is 11.4. The summed E-state index contributed by atoms with van der Waals surface area (Å²) in [7, 11) is -6.51. The van der Waals surface area contributed by atoms with Crippen molar-refractivity contribution in [3.05, 3.63) is 0 Å². The van der Waals surface area contributed by atoms with Gasteiger partial charge in [-0.2, -0.15) is 8.42 Å². The molecule has 0 aromatic carbocycles. The SMILES string of the molecule is CCCCCCCCCCCCCC(CC(=O)[O-])(C(=O)[O-])S(=O)(=O)O.CCCCCCCCCCCCCC[P+](CCCCCC)(CCCCCC)CCCCCC.CCCCCCCCCCCCCC[P+](CCCCCC)(CCCCCC)CCCCCC. The summed E-state index contributed by atoms with van der Waals surface area (Å²) < 4.78 is 29.1. The van der Waals surface area contributed by atoms with Gasteiger partial charge in [-0.05, 0) is 109 Å². The molecule has 0 amide bonds. The Hall–Kier alpha value is -0.290. The minimum Gasteiger partial charge on any atom is -0.550 e. The number of carbonyl (C=O) groups is 2. The normalized spacial score (nSPS) is 12.6. The first kappa shape index (κ1) is 94.9. The van der Waals surface area contributed by atoms with Crippen LogP contribution in [0.2, 0.25) is 0 Å². The van der Waals surface area contributed by atoms with E-state index in [1.807, 2.05) is 0 Å². The molecule has 0 aromatic heterocycles. The van der Waals surface area contributed by atoms with Crippen molar-refractivity contribution in [1.82, 2.24) is 0 Å². The van der Waals surface area contributed by atoms with Gasteiger partial charge in [0.05, 0.1) is 55.3 Å². The van der Waals surface area contributed by atoms with Crippen molar-refractivity contribution in [2.45, 2.75) is 459 Å². The number of unbranched alkanes of at least 4 members (excludes halogenated alkanes) is 50. The molecule has 1 atom stereocenters. The van der Waals surface area contributed by atoms with Crippen LogP contribution in [0, 0.1) is 0 Å². The zero-order valence-corrected chi connectivity index (χ0v) is 66.1. The zero-order valence-electron chi connectivity index (χ0n) is 63.5. The van der Waals surface area contributed by atoms with Crippen molar-refractivity contribution in [2.24, 2.45) is 0 Å². The van der Waals surface area contributed by atoms with Crippen LogP contribution in [0.5, 0.6) is 0 Å². The molecule has 0 heterocycles. The molecule has 0 rings (SSSR count). The molecule has 0 spiro atoms. The number of carbonyl (C=O) groups excluding carboxylic acids is 2. The van der Waals surface area contributed by atoms with Crippen LogP contribution in [-0.2, 0) is 19.7 Å². The van der Waals surface area contributed by atoms with E-state index in [0.717, 1.165) is 25.7 Å². The van der Waals surface area contributed by atoms with Gasteiger partial charge in [-0.25, -0.2) is 0 Å². The lowest BCUT2D eigenvalue weighted by atomic mass is 9.96. The summed E-state index contributed by atoms with van der Waals surface area (Å²) in [4.78, 5) is 21.9. The molecule has 0 aliphatic carbocycles. The molecule has 0 aliphatic heterocycles. The zero-order chi connectivity index (χ0) is 67.9. The van der Waals surface area contributed by atoms with E-state index in [4.69, 9.17) is 4.55 Å². The Morgan fingerprint density at radius 2 is 0.407 bits per heavy atom. The first-order chi connectivity index (χ1) is 44.2. The predicted molar refractivity (Wildman–Crippen MR) is 410 cm³/mol. The Morgan fingerprint density at radius 1 is 0.264 bits per heavy atom. The molecule has 0 aromatic rings. The number of hydrogen-bond donors (Lipinski definition) is 1. The molecule has 1 N–H and O–H groups in total. The van der Waals surface area contributed by atoms with Crippen molar-refractivity contribution in [2.75, 3.05) is 49.3 Å². The molecule has 0 saturated carbocycles. The molecule has 0 bridgehead atoms. The molecule has 0 radical (unpaired) electrons. The highest BCUT2D eigenvalue weighted by atomic mass is 32.2. The number of hydrogen-bond acceptors (Lipinski definition) is 6. The number of aliphatic carboxylic acids is 2. The van der Waals surface area contributed by atoms with Gasteiger partial charge in [-0.1, -0.05) is 338 Å². The molecule has 0 fully saturated rings. The third-order valence-corrected chi connectivity index (χ3v) is 32.0. The summed E-state index contributed by atoms with van der Waals surface area (Å²) in [5.74, 6) is -3.96. The minimum absolute atomic E-state index is 0.178. The molecule has 0 saturated heterocycles. The van der Waals surface area contributed by atoms with Gasteiger partial charge >= 0.3 is 0 Å². The van der Waals surface area contributed by atoms with Crippen LogP contribution in [0.1, 0.15) is 454 Å². The van der Waals surface area contributed by atoms with Crippen LogP contribution in [-0.4, -0.2) is 79.0 Å². The topological polar surface area (TPSA) is 135 Å². The van der Waals surface area contributed by atoms with E-state index in [9.17, 15) is 28.2 Å². The van der Waals surface area contributed by atoms with Crippen molar-refractivity contribution >= 4 is 36.6 Å². The monoisotopic (exact) mass is 1350 g/mol. The van der Waals surface area contributed by atoms with Crippen molar-refractivity contribution in [3.63, 3.8) is 0 Å². The van der Waals surface area contributed by atoms with Gasteiger partial charge < -0.3 is 19.8 Å². The summed E-state index contributed by atoms with van der Waals surface area (Å²) >= 11 is 0. The summed E-state index contributed by atoms with van der Waals surface area (Å²) in [6.07, 6.45) is 93.2. The van der Waals surface area contributed by atoms with Gasteiger partial charge in [0.15, 0.2) is 0 Å². The fourth-order valence-electron chi connectivity index (χ4n) is 14.1. The van der Waals surface area contributed by atoms with Gasteiger partial charge in [0, 0.05) is 26.9 Å². The van der Waals surface area contributed by atoms with Crippen LogP contribution in [0.15, 0.2) is 0 Å². The smallest absolute Gasteiger partial charge is 0.276 e. The molecule has 1 unspecified atom stereocenters. The highest BCUT2D eigenvalue weighted by Crippen LogP contribution is 2.62. The van der Waals surface area contributed by atoms with E-state index in [1.54, 1.807) is 101 Å². The van der Waals surface area contributed by atoms with Crippen LogP contribution in [0.25, 0.3) is 0 Å². The largest absolute Gasteiger partial charge is 0.550 e. The number of carboxylic acid groups (broad SMARTS) is 2. The maximum Gasteiger partial charge on any atom is 0.276 e. The second-order valence-corrected chi connectivity index (χ2v) is 39.9. The highest BCUT2D eigenvalue weighted by Gasteiger charge is 2.44. The van der Waals surface area contributed by atoms with E-state index in [0.29, 0.717) is 6.42 Å². The van der Waals surface area contributed by atoms with Crippen LogP contribution >= 0.6 is 14.5 Å². The van der Waals surface area contributed by atoms with Crippen molar-refractivity contribution < 1.29 is 32.8 Å². The van der Waals surface area contributed by atoms with E-state index in [1.165, 1.54) is 289 Å². The average molecular weight is 1350 g/mol. The lowest BCUT2D eigenvalue weighted by molar-refractivity contribution is -0.319. The van der Waals surface area contributed by atoms with Crippen molar-refractivity contribution in [3.8, 4) is 0 Å². The van der Waals surface area contributed by atoms with Gasteiger partial charge in [0.1, 0.15) is 4.75 Å². The lowest BCUT2D eigenvalue weighted by Gasteiger charge is -2.31. The van der Waals surface area contributed by atoms with Crippen LogP contribution in [0.4, 0.5) is 0 Å². The third-order valence-electron chi connectivity index (χ3n) is 20.4. The second kappa shape index (κ2) is 72.5. The Balaban J connectivity index is -0.00000129. The van der Waals surface area contributed by atoms with Gasteiger partial charge in [0.25, 0.3) is 10.1 Å². The van der Waals surface area contributed by atoms with Crippen molar-refractivity contribution in [1.29, 1.82) is 0 Å². The molecular weight excluding hydrogens is 1180 g/mol. The predicted octanol–water partition coefficient (Wildman–Crippen LogP) is 26.1. The molecule has 548 valence electrons. The van der Waals surface area contributed by atoms with E-state index in [-0.39, 0.29) is 6.42 Å². The number of rotatable bonds is 72. The van der Waals surface area contributed by atoms with E-state index < -0.39 is 54.2 Å². The quantitative estimate of drug-likeness (QED) is 0.0364. The molecule has 0 aliphatic rings. The third kappa shape index (κ3) is 61.8. The Morgan fingerprint density at radius 3 is 0.549 bits per heavy atom. The molecular formula is C81H166O7P2S. The van der Waals surface area contributed by atoms with Gasteiger partial charge in [0.2, 0.25) is 0 Å².